The van der Waals surface area contributed by atoms with Crippen LogP contribution in [0.1, 0.15) is 113 Å². The van der Waals surface area contributed by atoms with Gasteiger partial charge in [-0.25, -0.2) is 0 Å². The number of allylic oxidation sites excluding steroid dienone is 2. The number of hydrogen-bond donors (Lipinski definition) is 0. The third-order valence-corrected chi connectivity index (χ3v) is 13.4. The zero-order valence-electron chi connectivity index (χ0n) is 22.6. The molecular weight excluding hydrogens is 404 g/mol. The molecule has 4 saturated carbocycles. The first-order chi connectivity index (χ1) is 15.3. The maximum Gasteiger partial charge on any atom is 0.138 e. The number of fused-ring (bicyclic) bond motifs is 7. The van der Waals surface area contributed by atoms with Gasteiger partial charge in [-0.3, -0.25) is 9.59 Å². The lowest BCUT2D eigenvalue weighted by Gasteiger charge is -2.71. The van der Waals surface area contributed by atoms with Crippen LogP contribution in [0.25, 0.3) is 0 Å². The van der Waals surface area contributed by atoms with Gasteiger partial charge in [0.25, 0.3) is 0 Å². The Hall–Kier alpha value is -0.920. The second kappa shape index (κ2) is 7.07. The Bertz CT molecular complexity index is 912. The van der Waals surface area contributed by atoms with Crippen LogP contribution >= 0.6 is 0 Å². The highest BCUT2D eigenvalue weighted by molar-refractivity contribution is 5.85. The number of ketones is 2. The van der Waals surface area contributed by atoms with Crippen molar-refractivity contribution in [2.24, 2.45) is 56.7 Å². The molecule has 2 nitrogen and oxygen atoms in total. The fourth-order valence-electron chi connectivity index (χ4n) is 10.9. The number of carbonyl (C=O) groups is 2. The number of rotatable bonds is 1. The molecule has 5 rings (SSSR count). The molecule has 5 aliphatic carbocycles. The lowest BCUT2D eigenvalue weighted by atomic mass is 9.33. The first-order valence-electron chi connectivity index (χ1n) is 14.0. The first kappa shape index (κ1) is 23.8. The third kappa shape index (κ3) is 2.73. The predicted molar refractivity (Wildman–Crippen MR) is 135 cm³/mol. The molecule has 5 aliphatic rings. The molecule has 9 atom stereocenters. The molecule has 0 saturated heterocycles. The van der Waals surface area contributed by atoms with Crippen molar-refractivity contribution < 1.29 is 9.59 Å². The van der Waals surface area contributed by atoms with Crippen molar-refractivity contribution >= 4 is 11.6 Å². The van der Waals surface area contributed by atoms with Crippen molar-refractivity contribution in [1.29, 1.82) is 0 Å². The number of carbonyl (C=O) groups excluding carboxylic acids is 2. The van der Waals surface area contributed by atoms with Crippen molar-refractivity contribution in [2.45, 2.75) is 113 Å². The van der Waals surface area contributed by atoms with Gasteiger partial charge in [0, 0.05) is 17.3 Å². The highest BCUT2D eigenvalue weighted by atomic mass is 16.1. The van der Waals surface area contributed by atoms with Crippen molar-refractivity contribution in [1.82, 2.24) is 0 Å². The van der Waals surface area contributed by atoms with E-state index >= 15 is 0 Å². The maximum atomic E-state index is 13.2. The topological polar surface area (TPSA) is 34.1 Å². The zero-order valence-corrected chi connectivity index (χ0v) is 22.6. The Morgan fingerprint density at radius 1 is 0.909 bits per heavy atom. The second-order valence-corrected chi connectivity index (χ2v) is 14.5. The number of hydrogen-bond acceptors (Lipinski definition) is 2. The average molecular weight is 453 g/mol. The molecule has 0 aliphatic heterocycles. The maximum absolute atomic E-state index is 13.2. The van der Waals surface area contributed by atoms with Gasteiger partial charge in [-0.2, -0.15) is 0 Å². The van der Waals surface area contributed by atoms with E-state index in [1.807, 2.05) is 6.92 Å². The lowest BCUT2D eigenvalue weighted by Crippen LogP contribution is -2.65. The van der Waals surface area contributed by atoms with Gasteiger partial charge in [-0.15, -0.1) is 0 Å². The van der Waals surface area contributed by atoms with Crippen LogP contribution in [0.2, 0.25) is 0 Å². The van der Waals surface area contributed by atoms with E-state index in [2.05, 4.69) is 54.5 Å². The standard InChI is InChI=1S/C31H48O2/c1-19-11-16-31(21(3)32)18-17-29(7)22(26(31)20(19)2)9-10-24-28(6)14-13-25(33)27(4,5)23(28)12-15-30(24,29)8/h9,19-20,23-24,26H,10-18H2,1-8H3/t19-,20+,23?,24-,26+,28+,29-,30-,31-/m1/s1. The van der Waals surface area contributed by atoms with Gasteiger partial charge < -0.3 is 0 Å². The summed E-state index contributed by atoms with van der Waals surface area (Å²) >= 11 is 0. The highest BCUT2D eigenvalue weighted by Crippen LogP contribution is 2.75. The molecule has 0 N–H and O–H groups in total. The summed E-state index contributed by atoms with van der Waals surface area (Å²) in [7, 11) is 0. The zero-order chi connectivity index (χ0) is 24.2. The van der Waals surface area contributed by atoms with E-state index in [1.54, 1.807) is 5.57 Å². The van der Waals surface area contributed by atoms with Crippen LogP contribution in [0.5, 0.6) is 0 Å². The molecule has 0 amide bonds. The van der Waals surface area contributed by atoms with Gasteiger partial charge in [0.2, 0.25) is 0 Å². The van der Waals surface area contributed by atoms with Crippen molar-refractivity contribution in [2.75, 3.05) is 0 Å². The van der Waals surface area contributed by atoms with Crippen molar-refractivity contribution in [3.63, 3.8) is 0 Å². The lowest BCUT2D eigenvalue weighted by molar-refractivity contribution is -0.186. The molecule has 0 aromatic carbocycles. The Kier molecular flexibility index (Phi) is 5.10. The Labute approximate surface area is 202 Å². The summed E-state index contributed by atoms with van der Waals surface area (Å²) in [6.45, 7) is 19.0. The fraction of sp³-hybridized carbons (Fsp3) is 0.871. The molecular formula is C31H48O2. The molecule has 0 aromatic rings. The van der Waals surface area contributed by atoms with Crippen LogP contribution in [0.15, 0.2) is 11.6 Å². The minimum Gasteiger partial charge on any atom is -0.299 e. The molecule has 2 heteroatoms. The summed E-state index contributed by atoms with van der Waals surface area (Å²) in [5.41, 5.74) is 2.00. The minimum absolute atomic E-state index is 0.124. The Morgan fingerprint density at radius 3 is 2.27 bits per heavy atom. The highest BCUT2D eigenvalue weighted by Gasteiger charge is 2.69. The first-order valence-corrected chi connectivity index (χ1v) is 14.0. The van der Waals surface area contributed by atoms with Crippen LogP contribution in [0.4, 0.5) is 0 Å². The summed E-state index contributed by atoms with van der Waals surface area (Å²) in [6.07, 6.45) is 12.5. The van der Waals surface area contributed by atoms with Crippen molar-refractivity contribution in [3.8, 4) is 0 Å². The van der Waals surface area contributed by atoms with Gasteiger partial charge >= 0.3 is 0 Å². The van der Waals surface area contributed by atoms with Gasteiger partial charge in [0.05, 0.1) is 0 Å². The van der Waals surface area contributed by atoms with Crippen LogP contribution in [-0.2, 0) is 9.59 Å². The quantitative estimate of drug-likeness (QED) is 0.380. The smallest absolute Gasteiger partial charge is 0.138 e. The monoisotopic (exact) mass is 452 g/mol. The molecule has 33 heavy (non-hydrogen) atoms. The molecule has 0 aromatic heterocycles. The predicted octanol–water partition coefficient (Wildman–Crippen LogP) is 7.80. The molecule has 184 valence electrons. The van der Waals surface area contributed by atoms with E-state index in [4.69, 9.17) is 0 Å². The van der Waals surface area contributed by atoms with E-state index in [9.17, 15) is 9.59 Å². The van der Waals surface area contributed by atoms with E-state index in [-0.39, 0.29) is 27.1 Å². The van der Waals surface area contributed by atoms with E-state index in [1.165, 1.54) is 19.3 Å². The fourth-order valence-corrected chi connectivity index (χ4v) is 10.9. The van der Waals surface area contributed by atoms with Crippen molar-refractivity contribution in [3.05, 3.63) is 11.6 Å². The summed E-state index contributed by atoms with van der Waals surface area (Å²) in [6, 6.07) is 0. The van der Waals surface area contributed by atoms with Gasteiger partial charge in [0.15, 0.2) is 0 Å². The molecule has 0 heterocycles. The molecule has 1 unspecified atom stereocenters. The molecule has 0 bridgehead atoms. The SMILES string of the molecule is CC(=O)[C@]12CC[C@@H](C)[C@H](C)[C@H]1C1=CC[C@@H]3[C@@]4(C)CCC(=O)C(C)(C)C4CC[C@@]3(C)[C@]1(C)CC2. The normalized spacial score (nSPS) is 53.2. The average Bonchev–Trinajstić information content (AvgIpc) is 2.74. The van der Waals surface area contributed by atoms with Crippen LogP contribution in [0, 0.1) is 56.7 Å². The van der Waals surface area contributed by atoms with Gasteiger partial charge in [-0.05, 0) is 104 Å². The summed E-state index contributed by atoms with van der Waals surface area (Å²) in [5, 5.41) is 0. The van der Waals surface area contributed by atoms with Gasteiger partial charge in [0.1, 0.15) is 11.6 Å². The third-order valence-electron chi connectivity index (χ3n) is 13.4. The largest absolute Gasteiger partial charge is 0.299 e. The second-order valence-electron chi connectivity index (χ2n) is 14.5. The van der Waals surface area contributed by atoms with E-state index in [0.717, 1.165) is 38.5 Å². The van der Waals surface area contributed by atoms with E-state index < -0.39 is 0 Å². The van der Waals surface area contributed by atoms with E-state index in [0.29, 0.717) is 41.2 Å². The Balaban J connectivity index is 1.62. The van der Waals surface area contributed by atoms with Gasteiger partial charge in [-0.1, -0.05) is 60.1 Å². The molecule has 0 radical (unpaired) electrons. The minimum atomic E-state index is -0.192. The summed E-state index contributed by atoms with van der Waals surface area (Å²) < 4.78 is 0. The molecule has 0 spiro atoms. The molecule has 4 fully saturated rings. The van der Waals surface area contributed by atoms with Crippen LogP contribution in [0.3, 0.4) is 0 Å². The summed E-state index contributed by atoms with van der Waals surface area (Å²) in [5.74, 6) is 3.75. The Morgan fingerprint density at radius 2 is 1.61 bits per heavy atom. The number of Topliss-reactive ketones (excluding diaryl/α,β-unsaturated/α-hetero) is 2. The van der Waals surface area contributed by atoms with Crippen LogP contribution in [-0.4, -0.2) is 11.6 Å². The summed E-state index contributed by atoms with van der Waals surface area (Å²) in [4.78, 5) is 26.2. The van der Waals surface area contributed by atoms with Crippen LogP contribution < -0.4 is 0 Å².